The number of rotatable bonds is 6. The topological polar surface area (TPSA) is 41.1 Å². The zero-order chi connectivity index (χ0) is 18.7. The van der Waals surface area contributed by atoms with Crippen LogP contribution in [0.3, 0.4) is 0 Å². The van der Waals surface area contributed by atoms with Crippen LogP contribution < -0.4 is 10.6 Å². The van der Waals surface area contributed by atoms with Gasteiger partial charge < -0.3 is 10.6 Å². The molecule has 0 spiro atoms. The van der Waals surface area contributed by atoms with Crippen LogP contribution in [-0.4, -0.2) is 31.5 Å². The molecule has 0 unspecified atom stereocenters. The second-order valence-electron chi connectivity index (χ2n) is 7.66. The summed E-state index contributed by atoms with van der Waals surface area (Å²) in [7, 11) is 0. The van der Waals surface area contributed by atoms with E-state index in [4.69, 9.17) is 0 Å². The molecule has 0 bridgehead atoms. The maximum atomic E-state index is 13.6. The molecule has 1 aromatic rings. The predicted molar refractivity (Wildman–Crippen MR) is 92.1 cm³/mol. The van der Waals surface area contributed by atoms with Gasteiger partial charge in [0.25, 0.3) is 5.92 Å². The van der Waals surface area contributed by atoms with E-state index in [-0.39, 0.29) is 30.0 Å². The molecule has 0 saturated carbocycles. The predicted octanol–water partition coefficient (Wildman–Crippen LogP) is 3.71. The molecular formula is C19H27F3N2O. The minimum absolute atomic E-state index is 0.147. The van der Waals surface area contributed by atoms with Gasteiger partial charge in [-0.25, -0.2) is 13.2 Å². The van der Waals surface area contributed by atoms with Crippen molar-refractivity contribution in [2.45, 2.75) is 45.5 Å². The number of piperidine rings is 1. The maximum Gasteiger partial charge on any atom is 0.250 e. The number of halogens is 3. The van der Waals surface area contributed by atoms with Crippen molar-refractivity contribution in [2.24, 2.45) is 11.3 Å². The van der Waals surface area contributed by atoms with Gasteiger partial charge in [0.15, 0.2) is 0 Å². The summed E-state index contributed by atoms with van der Waals surface area (Å²) in [5, 5.41) is 6.10. The van der Waals surface area contributed by atoms with Gasteiger partial charge in [-0.15, -0.1) is 0 Å². The van der Waals surface area contributed by atoms with Crippen molar-refractivity contribution in [1.29, 1.82) is 0 Å². The maximum absolute atomic E-state index is 13.6. The van der Waals surface area contributed by atoms with E-state index in [2.05, 4.69) is 10.6 Å². The molecule has 6 heteroatoms. The Morgan fingerprint density at radius 1 is 1.24 bits per heavy atom. The third kappa shape index (κ3) is 5.21. The van der Waals surface area contributed by atoms with E-state index < -0.39 is 11.3 Å². The lowest BCUT2D eigenvalue weighted by Gasteiger charge is -2.34. The molecular weight excluding hydrogens is 329 g/mol. The van der Waals surface area contributed by atoms with Crippen molar-refractivity contribution >= 4 is 5.91 Å². The monoisotopic (exact) mass is 356 g/mol. The Morgan fingerprint density at radius 3 is 2.48 bits per heavy atom. The molecule has 1 heterocycles. The highest BCUT2D eigenvalue weighted by molar-refractivity contribution is 5.76. The van der Waals surface area contributed by atoms with Gasteiger partial charge in [0.1, 0.15) is 5.82 Å². The smallest absolute Gasteiger partial charge is 0.250 e. The summed E-state index contributed by atoms with van der Waals surface area (Å²) >= 11 is 0. The third-order valence-electron chi connectivity index (χ3n) is 5.26. The number of hydrogen-bond acceptors (Lipinski definition) is 2. The molecule has 2 atom stereocenters. The van der Waals surface area contributed by atoms with Crippen molar-refractivity contribution in [3.05, 3.63) is 35.6 Å². The van der Waals surface area contributed by atoms with Crippen LogP contribution in [0.25, 0.3) is 0 Å². The molecule has 1 aliphatic rings. The van der Waals surface area contributed by atoms with Crippen molar-refractivity contribution in [3.8, 4) is 0 Å². The second kappa shape index (κ2) is 7.77. The first kappa shape index (κ1) is 19.8. The quantitative estimate of drug-likeness (QED) is 0.816. The summed E-state index contributed by atoms with van der Waals surface area (Å²) in [6.45, 7) is 5.65. The van der Waals surface area contributed by atoms with E-state index >= 15 is 0 Å². The van der Waals surface area contributed by atoms with Gasteiger partial charge in [-0.3, -0.25) is 4.79 Å². The second-order valence-corrected chi connectivity index (χ2v) is 7.66. The fraction of sp³-hybridized carbons (Fsp3) is 0.632. The largest absolute Gasteiger partial charge is 0.356 e. The number of carbonyl (C=O) groups is 1. The number of nitrogens with one attached hydrogen (secondary N) is 2. The molecule has 2 N–H and O–H groups in total. The van der Waals surface area contributed by atoms with Crippen molar-refractivity contribution in [2.75, 3.05) is 19.6 Å². The molecule has 3 nitrogen and oxygen atoms in total. The van der Waals surface area contributed by atoms with Crippen molar-refractivity contribution < 1.29 is 18.0 Å². The molecule has 1 fully saturated rings. The Labute approximate surface area is 147 Å². The molecule has 25 heavy (non-hydrogen) atoms. The normalized spacial score (nSPS) is 21.8. The fourth-order valence-electron chi connectivity index (χ4n) is 3.15. The van der Waals surface area contributed by atoms with Crippen LogP contribution in [0.5, 0.6) is 0 Å². The average molecular weight is 356 g/mol. The van der Waals surface area contributed by atoms with E-state index in [1.54, 1.807) is 12.1 Å². The number of hydrogen-bond donors (Lipinski definition) is 2. The van der Waals surface area contributed by atoms with E-state index in [1.807, 2.05) is 0 Å². The van der Waals surface area contributed by atoms with E-state index in [1.165, 1.54) is 26.0 Å². The SMILES string of the molecule is CC(F)(F)C(C)(C)CC(=O)NC[C@@H]1CNCC[C@@H]1c1ccc(F)cc1. The van der Waals surface area contributed by atoms with E-state index in [0.717, 1.165) is 32.0 Å². The number of benzene rings is 1. The molecule has 1 aliphatic heterocycles. The zero-order valence-electron chi connectivity index (χ0n) is 15.0. The molecule has 0 aromatic heterocycles. The minimum Gasteiger partial charge on any atom is -0.356 e. The van der Waals surface area contributed by atoms with Gasteiger partial charge in [0, 0.05) is 24.9 Å². The highest BCUT2D eigenvalue weighted by atomic mass is 19.3. The number of carbonyl (C=O) groups excluding carboxylic acids is 1. The molecule has 0 radical (unpaired) electrons. The van der Waals surface area contributed by atoms with E-state index in [9.17, 15) is 18.0 Å². The lowest BCUT2D eigenvalue weighted by Crippen LogP contribution is -2.44. The molecule has 1 saturated heterocycles. The average Bonchev–Trinajstić information content (AvgIpc) is 2.52. The van der Waals surface area contributed by atoms with Crippen LogP contribution in [0.15, 0.2) is 24.3 Å². The van der Waals surface area contributed by atoms with Crippen LogP contribution in [0.2, 0.25) is 0 Å². The molecule has 140 valence electrons. The summed E-state index contributed by atoms with van der Waals surface area (Å²) in [6, 6.07) is 6.44. The number of alkyl halides is 2. The summed E-state index contributed by atoms with van der Waals surface area (Å²) in [5.74, 6) is -3.20. The Bertz CT molecular complexity index is 581. The highest BCUT2D eigenvalue weighted by Gasteiger charge is 2.43. The van der Waals surface area contributed by atoms with Gasteiger partial charge in [-0.05, 0) is 49.4 Å². The van der Waals surface area contributed by atoms with Crippen molar-refractivity contribution in [1.82, 2.24) is 10.6 Å². The lowest BCUT2D eigenvalue weighted by atomic mass is 9.80. The number of amides is 1. The highest BCUT2D eigenvalue weighted by Crippen LogP contribution is 2.38. The van der Waals surface area contributed by atoms with Gasteiger partial charge in [-0.1, -0.05) is 26.0 Å². The molecule has 1 aromatic carbocycles. The van der Waals surface area contributed by atoms with Crippen molar-refractivity contribution in [3.63, 3.8) is 0 Å². The van der Waals surface area contributed by atoms with Gasteiger partial charge in [-0.2, -0.15) is 0 Å². The van der Waals surface area contributed by atoms with Crippen LogP contribution >= 0.6 is 0 Å². The van der Waals surface area contributed by atoms with Crippen LogP contribution in [-0.2, 0) is 4.79 Å². The zero-order valence-corrected chi connectivity index (χ0v) is 15.0. The van der Waals surface area contributed by atoms with Crippen LogP contribution in [0.4, 0.5) is 13.2 Å². The van der Waals surface area contributed by atoms with E-state index in [0.29, 0.717) is 6.54 Å². The summed E-state index contributed by atoms with van der Waals surface area (Å²) in [5.41, 5.74) is -0.347. The summed E-state index contributed by atoms with van der Waals surface area (Å²) in [6.07, 6.45) is 0.669. The lowest BCUT2D eigenvalue weighted by molar-refractivity contribution is -0.134. The first-order valence-electron chi connectivity index (χ1n) is 8.71. The summed E-state index contributed by atoms with van der Waals surface area (Å²) < 4.78 is 40.2. The standard InChI is InChI=1S/C19H27F3N2O/c1-18(2,19(3,21)22)10-17(25)24-12-14-11-23-9-8-16(14)13-4-6-15(20)7-5-13/h4-7,14,16,23H,8-12H2,1-3H3,(H,24,25)/t14-,16+/m0/s1. The molecule has 2 rings (SSSR count). The van der Waals surface area contributed by atoms with Gasteiger partial charge in [0.05, 0.1) is 0 Å². The minimum atomic E-state index is -2.92. The van der Waals surface area contributed by atoms with Gasteiger partial charge in [0.2, 0.25) is 5.91 Å². The first-order chi connectivity index (χ1) is 11.6. The first-order valence-corrected chi connectivity index (χ1v) is 8.71. The fourth-order valence-corrected chi connectivity index (χ4v) is 3.15. The van der Waals surface area contributed by atoms with Gasteiger partial charge >= 0.3 is 0 Å². The Kier molecular flexibility index (Phi) is 6.14. The Hall–Kier alpha value is -1.56. The molecule has 1 amide bonds. The Morgan fingerprint density at radius 2 is 1.88 bits per heavy atom. The van der Waals surface area contributed by atoms with Crippen LogP contribution in [0, 0.1) is 17.2 Å². The third-order valence-corrected chi connectivity index (χ3v) is 5.26. The Balaban J connectivity index is 1.95. The molecule has 0 aliphatic carbocycles. The van der Waals surface area contributed by atoms with Crippen LogP contribution in [0.1, 0.15) is 45.1 Å². The summed E-state index contributed by atoms with van der Waals surface area (Å²) in [4.78, 5) is 12.1.